The molecule has 0 spiro atoms. The third kappa shape index (κ3) is 15.3. The van der Waals surface area contributed by atoms with Crippen molar-refractivity contribution >= 4 is 53.8 Å². The van der Waals surface area contributed by atoms with Crippen LogP contribution in [0.1, 0.15) is 156 Å². The first-order valence-electron chi connectivity index (χ1n) is 22.6. The molecule has 3 saturated carbocycles. The van der Waals surface area contributed by atoms with Crippen molar-refractivity contribution in [3.05, 3.63) is 106 Å². The summed E-state index contributed by atoms with van der Waals surface area (Å²) in [5.74, 6) is -1.07. The summed E-state index contributed by atoms with van der Waals surface area (Å²) in [4.78, 5) is 35.2. The maximum absolute atomic E-state index is 11.3. The quantitative estimate of drug-likeness (QED) is 0.0732. The number of carbonyl (C=O) groups is 2. The number of anilines is 2. The molecule has 62 heavy (non-hydrogen) atoms. The number of nitrogens with zero attached hydrogens (tertiary/aromatic N) is 2. The Morgan fingerprint density at radius 1 is 0.597 bits per heavy atom. The molecular weight excluding hydrogens is 900 g/mol. The molecular formula is C52H73ClN2O5PRu+. The first-order chi connectivity index (χ1) is 29.9. The van der Waals surface area contributed by atoms with Gasteiger partial charge in [0.15, 0.2) is 0 Å². The van der Waals surface area contributed by atoms with Gasteiger partial charge in [-0.25, -0.2) is 15.7 Å². The van der Waals surface area contributed by atoms with Gasteiger partial charge in [0.2, 0.25) is 0 Å². The number of ether oxygens (including phenoxy) is 2. The number of methoxy groups -OCH3 is 2. The van der Waals surface area contributed by atoms with Crippen LogP contribution in [0.3, 0.4) is 0 Å². The molecule has 4 fully saturated rings. The monoisotopic (exact) mass is 973 g/mol. The van der Waals surface area contributed by atoms with Gasteiger partial charge in [0.05, 0.1) is 31.2 Å². The second-order valence-electron chi connectivity index (χ2n) is 17.5. The second kappa shape index (κ2) is 28.0. The van der Waals surface area contributed by atoms with Crippen molar-refractivity contribution in [1.29, 1.82) is 0 Å². The van der Waals surface area contributed by atoms with Crippen LogP contribution >= 0.6 is 17.6 Å². The second-order valence-corrected chi connectivity index (χ2v) is 20.9. The molecule has 340 valence electrons. The molecule has 7 rings (SSSR count). The van der Waals surface area contributed by atoms with Crippen molar-refractivity contribution in [1.82, 2.24) is 0 Å². The third-order valence-corrected chi connectivity index (χ3v) is 17.5. The summed E-state index contributed by atoms with van der Waals surface area (Å²) in [5, 5.41) is 0. The number of rotatable bonds is 8. The Hall–Kier alpha value is -3.05. The Balaban J connectivity index is 0.000000242. The minimum atomic E-state index is -0.533. The van der Waals surface area contributed by atoms with Crippen LogP contribution < -0.4 is 9.80 Å². The molecule has 10 heteroatoms. The van der Waals surface area contributed by atoms with Gasteiger partial charge in [0.25, 0.3) is 0 Å². The van der Waals surface area contributed by atoms with Gasteiger partial charge in [0, 0.05) is 43.5 Å². The van der Waals surface area contributed by atoms with Crippen molar-refractivity contribution in [3.63, 3.8) is 0 Å². The van der Waals surface area contributed by atoms with E-state index in [-0.39, 0.29) is 19.0 Å². The molecule has 4 aliphatic rings. The maximum atomic E-state index is 11.3. The van der Waals surface area contributed by atoms with E-state index in [0.29, 0.717) is 5.56 Å². The Morgan fingerprint density at radius 3 is 1.18 bits per heavy atom. The van der Waals surface area contributed by atoms with Crippen molar-refractivity contribution in [2.24, 2.45) is 0 Å². The zero-order chi connectivity index (χ0) is 45.8. The topological polar surface area (TPSA) is 76.2 Å². The molecule has 7 nitrogen and oxygen atoms in total. The zero-order valence-corrected chi connectivity index (χ0v) is 42.3. The van der Waals surface area contributed by atoms with Gasteiger partial charge in [-0.2, -0.15) is 12.2 Å². The van der Waals surface area contributed by atoms with E-state index in [0.717, 1.165) is 13.1 Å². The average Bonchev–Trinajstić information content (AvgIpc) is 3.76. The first-order valence-corrected chi connectivity index (χ1v) is 26.5. The van der Waals surface area contributed by atoms with E-state index in [1.54, 1.807) is 96.3 Å². The number of benzene rings is 3. The molecule has 1 heterocycles. The van der Waals surface area contributed by atoms with Gasteiger partial charge < -0.3 is 24.1 Å². The molecule has 0 N–H and O–H groups in total. The Labute approximate surface area is 390 Å². The van der Waals surface area contributed by atoms with Crippen LogP contribution in [0, 0.1) is 54.8 Å². The van der Waals surface area contributed by atoms with Crippen molar-refractivity contribution < 1.29 is 41.2 Å². The number of hydrogen-bond acceptors (Lipinski definition) is 7. The standard InChI is InChI=1S/C21H27N2.C18H33P.C12H11O4.CHO.ClH.Ru/c1-14-9-16(3)20(17(4)10-14)22-7-8-23(13-22)21-18(5)11-15(2)12-19(21)6;1-4-10-16(11-5-1)19(17-12-6-2-7-13-17)18-14-8-3-9-15-18;1-4-8-5-9(11(13)15-2)7-10(6-8)12(14)16-3;1-2;;/h9-13H,7-8H2,1-6H3;16-18H,1-15H2;1,4-7H,2-3H3;1H;1H;/q-1;;2*-1;;+4. The van der Waals surface area contributed by atoms with Crippen LogP contribution in [-0.2, 0) is 31.6 Å². The van der Waals surface area contributed by atoms with E-state index in [2.05, 4.69) is 108 Å². The molecule has 0 bridgehead atoms. The molecule has 0 unspecified atom stereocenters. The van der Waals surface area contributed by atoms with Gasteiger partial charge in [-0.05, 0) is 147 Å². The summed E-state index contributed by atoms with van der Waals surface area (Å²) in [6.07, 6.45) is 25.1. The molecule has 1 aliphatic heterocycles. The van der Waals surface area contributed by atoms with E-state index in [1.165, 1.54) is 100 Å². The zero-order valence-electron chi connectivity index (χ0n) is 38.8. The summed E-state index contributed by atoms with van der Waals surface area (Å²) in [6, 6.07) is 13.6. The van der Waals surface area contributed by atoms with E-state index < -0.39 is 11.9 Å². The predicted molar refractivity (Wildman–Crippen MR) is 260 cm³/mol. The van der Waals surface area contributed by atoms with E-state index in [4.69, 9.17) is 11.4 Å². The number of halogens is 1. The van der Waals surface area contributed by atoms with Crippen LogP contribution in [0.25, 0.3) is 6.08 Å². The van der Waals surface area contributed by atoms with Crippen LogP contribution in [0.15, 0.2) is 42.5 Å². The number of carbonyl (C=O) groups excluding carboxylic acids is 3. The molecule has 3 aliphatic carbocycles. The van der Waals surface area contributed by atoms with E-state index in [1.807, 2.05) is 17.3 Å². The predicted octanol–water partition coefficient (Wildman–Crippen LogP) is 13.3. The summed E-state index contributed by atoms with van der Waals surface area (Å²) in [7, 11) is 7.05. The van der Waals surface area contributed by atoms with Crippen LogP contribution in [-0.4, -0.2) is 63.0 Å². The van der Waals surface area contributed by atoms with Crippen molar-refractivity contribution in [2.75, 3.05) is 37.1 Å². The van der Waals surface area contributed by atoms with Crippen LogP contribution in [0.4, 0.5) is 11.4 Å². The summed E-state index contributed by atoms with van der Waals surface area (Å²) >= 11 is 1.82. The van der Waals surface area contributed by atoms with Gasteiger partial charge in [-0.15, -0.1) is 12.1 Å². The SMILES string of the molecule is C1CCC([PH+](C2CCCCC2)C2CCCCC2)CC1.Cc1cc(C)c(N2[CH-]N(c3c(C)cc(C)cc3C)CC2)c(C)c1.[CH-]=Cc1cc(C(=O)OC)cc(C(=O)OC)c1.[CH-]=O.[Cl][Ru+3]. The molecule has 0 amide bonds. The Bertz CT molecular complexity index is 1680. The fourth-order valence-corrected chi connectivity index (χ4v) is 15.8. The van der Waals surface area contributed by atoms with Gasteiger partial charge >= 0.3 is 38.9 Å². The molecule has 0 aromatic heterocycles. The number of hydrogen-bond donors (Lipinski definition) is 0. The summed E-state index contributed by atoms with van der Waals surface area (Å²) in [5.41, 5.74) is 15.6. The minimum absolute atomic E-state index is 0.0465. The fourth-order valence-electron chi connectivity index (χ4n) is 10.6. The number of aryl methyl sites for hydroxylation is 6. The molecule has 3 aromatic carbocycles. The van der Waals surface area contributed by atoms with E-state index >= 15 is 0 Å². The van der Waals surface area contributed by atoms with Gasteiger partial charge in [0.1, 0.15) is 0 Å². The third-order valence-electron chi connectivity index (χ3n) is 12.9. The summed E-state index contributed by atoms with van der Waals surface area (Å²) < 4.78 is 9.12. The van der Waals surface area contributed by atoms with Gasteiger partial charge in [-0.3, -0.25) is 13.4 Å². The molecule has 3 aromatic rings. The number of esters is 2. The van der Waals surface area contributed by atoms with Crippen LogP contribution in [0.5, 0.6) is 0 Å². The fraction of sp³-hybridized carbons (Fsp3) is 0.538. The Kier molecular flexibility index (Phi) is 24.1. The summed E-state index contributed by atoms with van der Waals surface area (Å²) in [6.45, 7) is 26.2. The Morgan fingerprint density at radius 2 is 0.903 bits per heavy atom. The first kappa shape index (κ1) is 53.3. The normalized spacial score (nSPS) is 16.9. The van der Waals surface area contributed by atoms with Crippen molar-refractivity contribution in [2.45, 2.75) is 155 Å². The average molecular weight is 974 g/mol. The van der Waals surface area contributed by atoms with Crippen molar-refractivity contribution in [3.8, 4) is 0 Å². The van der Waals surface area contributed by atoms with Gasteiger partial charge in [-0.1, -0.05) is 54.7 Å². The van der Waals surface area contributed by atoms with E-state index in [9.17, 15) is 9.59 Å². The molecule has 0 atom stereocenters. The molecule has 1 saturated heterocycles. The molecule has 0 radical (unpaired) electrons. The van der Waals surface area contributed by atoms with Crippen LogP contribution in [0.2, 0.25) is 0 Å².